The molecule has 1 aliphatic carbocycles. The second-order valence-electron chi connectivity index (χ2n) is 5.98. The zero-order chi connectivity index (χ0) is 13.3. The summed E-state index contributed by atoms with van der Waals surface area (Å²) in [7, 11) is 0. The zero-order valence-electron chi connectivity index (χ0n) is 11.6. The third-order valence-corrected chi connectivity index (χ3v) is 4.40. The molecule has 1 spiro atoms. The quantitative estimate of drug-likeness (QED) is 0.908. The van der Waals surface area contributed by atoms with E-state index >= 15 is 0 Å². The van der Waals surface area contributed by atoms with Crippen molar-refractivity contribution >= 4 is 0 Å². The lowest BCUT2D eigenvalue weighted by Gasteiger charge is -2.46. The van der Waals surface area contributed by atoms with Crippen LogP contribution in [0, 0.1) is 0 Å². The number of nitrogens with two attached hydrogens (primary N) is 1. The molecule has 0 amide bonds. The molecule has 2 atom stereocenters. The molecule has 2 N–H and O–H groups in total. The Morgan fingerprint density at radius 1 is 1.42 bits per heavy atom. The van der Waals surface area contributed by atoms with Gasteiger partial charge in [-0.3, -0.25) is 0 Å². The van der Waals surface area contributed by atoms with Gasteiger partial charge in [-0.25, -0.2) is 0 Å². The van der Waals surface area contributed by atoms with Crippen molar-refractivity contribution < 1.29 is 9.47 Å². The van der Waals surface area contributed by atoms with Crippen LogP contribution in [0.25, 0.3) is 0 Å². The van der Waals surface area contributed by atoms with Gasteiger partial charge in [0.05, 0.1) is 12.2 Å². The van der Waals surface area contributed by atoms with Crippen molar-refractivity contribution in [3.05, 3.63) is 29.8 Å². The molecule has 104 valence electrons. The van der Waals surface area contributed by atoms with E-state index in [1.807, 2.05) is 19.1 Å². The lowest BCUT2D eigenvalue weighted by Crippen LogP contribution is -2.48. The van der Waals surface area contributed by atoms with Gasteiger partial charge < -0.3 is 15.2 Å². The van der Waals surface area contributed by atoms with Gasteiger partial charge in [-0.15, -0.1) is 0 Å². The third-order valence-electron chi connectivity index (χ3n) is 4.40. The Labute approximate surface area is 115 Å². The highest BCUT2D eigenvalue weighted by molar-refractivity contribution is 5.30. The smallest absolute Gasteiger partial charge is 0.120 e. The topological polar surface area (TPSA) is 44.5 Å². The predicted molar refractivity (Wildman–Crippen MR) is 75.2 cm³/mol. The van der Waals surface area contributed by atoms with Crippen molar-refractivity contribution in [1.29, 1.82) is 0 Å². The number of benzene rings is 1. The average molecular weight is 261 g/mol. The maximum absolute atomic E-state index is 6.14. The molecule has 0 aromatic heterocycles. The highest BCUT2D eigenvalue weighted by Gasteiger charge is 2.43. The molecule has 19 heavy (non-hydrogen) atoms. The summed E-state index contributed by atoms with van der Waals surface area (Å²) in [6.45, 7) is 2.83. The van der Waals surface area contributed by atoms with E-state index < -0.39 is 0 Å². The molecular formula is C16H23NO2. The van der Waals surface area contributed by atoms with E-state index in [1.165, 1.54) is 19.3 Å². The van der Waals surface area contributed by atoms with E-state index in [0.29, 0.717) is 0 Å². The van der Waals surface area contributed by atoms with Crippen LogP contribution in [-0.2, 0) is 4.74 Å². The second-order valence-corrected chi connectivity index (χ2v) is 5.98. The van der Waals surface area contributed by atoms with Crippen LogP contribution in [0.2, 0.25) is 0 Å². The molecule has 2 fully saturated rings. The molecule has 0 bridgehead atoms. The number of rotatable bonds is 3. The van der Waals surface area contributed by atoms with Crippen molar-refractivity contribution in [2.45, 2.75) is 56.8 Å². The van der Waals surface area contributed by atoms with Crippen LogP contribution in [0.5, 0.6) is 5.75 Å². The summed E-state index contributed by atoms with van der Waals surface area (Å²) in [5.41, 5.74) is 7.18. The lowest BCUT2D eigenvalue weighted by molar-refractivity contribution is -0.153. The molecule has 3 rings (SSSR count). The van der Waals surface area contributed by atoms with Crippen LogP contribution in [0.4, 0.5) is 0 Å². The molecule has 3 heteroatoms. The van der Waals surface area contributed by atoms with Crippen molar-refractivity contribution in [1.82, 2.24) is 0 Å². The van der Waals surface area contributed by atoms with Crippen LogP contribution < -0.4 is 10.5 Å². The van der Waals surface area contributed by atoms with Gasteiger partial charge in [0.25, 0.3) is 0 Å². The minimum absolute atomic E-state index is 0.0520. The Morgan fingerprint density at radius 3 is 2.95 bits per heavy atom. The van der Waals surface area contributed by atoms with Crippen LogP contribution in [0.1, 0.15) is 50.6 Å². The van der Waals surface area contributed by atoms with Crippen LogP contribution >= 0.6 is 0 Å². The van der Waals surface area contributed by atoms with Gasteiger partial charge in [0.15, 0.2) is 0 Å². The Bertz CT molecular complexity index is 440. The first kappa shape index (κ1) is 12.9. The van der Waals surface area contributed by atoms with Crippen LogP contribution in [0.3, 0.4) is 0 Å². The summed E-state index contributed by atoms with van der Waals surface area (Å²) in [6.07, 6.45) is 6.02. The molecule has 3 nitrogen and oxygen atoms in total. The van der Waals surface area contributed by atoms with Gasteiger partial charge in [-0.05, 0) is 43.9 Å². The van der Waals surface area contributed by atoms with Crippen molar-refractivity contribution in [3.63, 3.8) is 0 Å². The molecule has 2 aliphatic rings. The van der Waals surface area contributed by atoms with E-state index in [-0.39, 0.29) is 17.7 Å². The number of hydrogen-bond donors (Lipinski definition) is 1. The molecule has 1 aromatic carbocycles. The Morgan fingerprint density at radius 2 is 2.26 bits per heavy atom. The van der Waals surface area contributed by atoms with E-state index in [1.54, 1.807) is 0 Å². The SMILES string of the molecule is C[C@H](N)c1cccc(OC2CCOC3(CCC3)C2)c1. The Hall–Kier alpha value is -1.06. The highest BCUT2D eigenvalue weighted by Crippen LogP contribution is 2.43. The molecule has 0 radical (unpaired) electrons. The van der Waals surface area contributed by atoms with Gasteiger partial charge in [-0.2, -0.15) is 0 Å². The fourth-order valence-corrected chi connectivity index (χ4v) is 3.07. The van der Waals surface area contributed by atoms with Crippen LogP contribution in [0.15, 0.2) is 24.3 Å². The normalized spacial score (nSPS) is 26.7. The Kier molecular flexibility index (Phi) is 3.50. The van der Waals surface area contributed by atoms with Crippen molar-refractivity contribution in [2.75, 3.05) is 6.61 Å². The Balaban J connectivity index is 1.65. The van der Waals surface area contributed by atoms with E-state index in [2.05, 4.69) is 12.1 Å². The standard InChI is InChI=1S/C16H23NO2/c1-12(17)13-4-2-5-14(10-13)19-15-6-9-18-16(11-15)7-3-8-16/h2,4-5,10,12,15H,3,6-9,11,17H2,1H3/t12-,15?/m0/s1. The zero-order valence-corrected chi connectivity index (χ0v) is 11.6. The summed E-state index contributed by atoms with van der Waals surface area (Å²) in [6, 6.07) is 8.21. The molecule has 1 aliphatic heterocycles. The van der Waals surface area contributed by atoms with Crippen molar-refractivity contribution in [2.24, 2.45) is 5.73 Å². The van der Waals surface area contributed by atoms with E-state index in [0.717, 1.165) is 30.8 Å². The molecule has 1 saturated heterocycles. The van der Waals surface area contributed by atoms with E-state index in [9.17, 15) is 0 Å². The maximum Gasteiger partial charge on any atom is 0.120 e. The van der Waals surface area contributed by atoms with Gasteiger partial charge in [0.1, 0.15) is 11.9 Å². The summed E-state index contributed by atoms with van der Waals surface area (Å²) < 4.78 is 12.1. The number of hydrogen-bond acceptors (Lipinski definition) is 3. The van der Waals surface area contributed by atoms with Gasteiger partial charge in [0.2, 0.25) is 0 Å². The average Bonchev–Trinajstić information content (AvgIpc) is 2.37. The first-order chi connectivity index (χ1) is 9.17. The molecular weight excluding hydrogens is 238 g/mol. The first-order valence-corrected chi connectivity index (χ1v) is 7.33. The second kappa shape index (κ2) is 5.14. The molecule has 1 aromatic rings. The molecule has 1 unspecified atom stereocenters. The summed E-state index contributed by atoms with van der Waals surface area (Å²) >= 11 is 0. The van der Waals surface area contributed by atoms with Crippen LogP contribution in [-0.4, -0.2) is 18.3 Å². The fourth-order valence-electron chi connectivity index (χ4n) is 3.07. The summed E-state index contributed by atoms with van der Waals surface area (Å²) in [5.74, 6) is 0.941. The summed E-state index contributed by atoms with van der Waals surface area (Å²) in [4.78, 5) is 0. The van der Waals surface area contributed by atoms with Crippen molar-refractivity contribution in [3.8, 4) is 5.75 Å². The van der Waals surface area contributed by atoms with Gasteiger partial charge >= 0.3 is 0 Å². The number of ether oxygens (including phenoxy) is 2. The molecule has 1 heterocycles. The highest BCUT2D eigenvalue weighted by atomic mass is 16.5. The largest absolute Gasteiger partial charge is 0.490 e. The fraction of sp³-hybridized carbons (Fsp3) is 0.625. The van der Waals surface area contributed by atoms with Gasteiger partial charge in [0, 0.05) is 18.9 Å². The molecule has 1 saturated carbocycles. The minimum Gasteiger partial charge on any atom is -0.490 e. The first-order valence-electron chi connectivity index (χ1n) is 7.33. The minimum atomic E-state index is 0.0520. The third kappa shape index (κ3) is 2.77. The van der Waals surface area contributed by atoms with Gasteiger partial charge in [-0.1, -0.05) is 12.1 Å². The maximum atomic E-state index is 6.14. The van der Waals surface area contributed by atoms with E-state index in [4.69, 9.17) is 15.2 Å². The summed E-state index contributed by atoms with van der Waals surface area (Å²) in [5, 5.41) is 0. The predicted octanol–water partition coefficient (Wildman–Crippen LogP) is 3.19. The monoisotopic (exact) mass is 261 g/mol. The lowest BCUT2D eigenvalue weighted by atomic mass is 9.74.